The van der Waals surface area contributed by atoms with Crippen molar-refractivity contribution in [2.24, 2.45) is 16.0 Å². The van der Waals surface area contributed by atoms with Crippen LogP contribution in [0.2, 0.25) is 0 Å². The summed E-state index contributed by atoms with van der Waals surface area (Å²) >= 11 is 0. The molecule has 0 saturated carbocycles. The fourth-order valence-electron chi connectivity index (χ4n) is 2.49. The highest BCUT2D eigenvalue weighted by Gasteiger charge is 2.13. The largest absolute Gasteiger partial charge is 0.378 e. The smallest absolute Gasteiger partial charge is 0.238 e. The van der Waals surface area contributed by atoms with Gasteiger partial charge in [-0.25, -0.2) is 18.5 Å². The average molecular weight is 385 g/mol. The van der Waals surface area contributed by atoms with E-state index in [1.165, 1.54) is 6.07 Å². The molecule has 0 amide bonds. The Hall–Kier alpha value is -1.64. The summed E-state index contributed by atoms with van der Waals surface area (Å²) in [4.78, 5) is 4.61. The molecule has 7 nitrogen and oxygen atoms in total. The molecular weight excluding hydrogens is 352 g/mol. The summed E-state index contributed by atoms with van der Waals surface area (Å²) < 4.78 is 28.6. The maximum Gasteiger partial charge on any atom is 0.238 e. The summed E-state index contributed by atoms with van der Waals surface area (Å²) in [7, 11) is -3.71. The van der Waals surface area contributed by atoms with Crippen molar-refractivity contribution in [1.29, 1.82) is 0 Å². The zero-order chi connectivity index (χ0) is 19.6. The first-order valence-electron chi connectivity index (χ1n) is 9.03. The van der Waals surface area contributed by atoms with Crippen molar-refractivity contribution in [3.8, 4) is 0 Å². The normalized spacial score (nSPS) is 13.7. The molecular formula is C18H32N4O3S. The number of primary sulfonamides is 1. The lowest BCUT2D eigenvalue weighted by atomic mass is 10.0. The van der Waals surface area contributed by atoms with Crippen molar-refractivity contribution >= 4 is 16.0 Å². The number of benzene rings is 1. The molecule has 0 saturated heterocycles. The summed E-state index contributed by atoms with van der Waals surface area (Å²) in [5.74, 6) is 1.14. The minimum absolute atomic E-state index is 0.0969. The Bertz CT molecular complexity index is 675. The first kappa shape index (κ1) is 22.4. The molecule has 0 bridgehead atoms. The number of aliphatic imine (C=N–C) groups is 1. The SMILES string of the molecule is CCNC(=NCc1cccc(S(N)(=O)=O)c1)NCCC(OCC)C(C)C. The lowest BCUT2D eigenvalue weighted by molar-refractivity contribution is 0.0258. The number of sulfonamides is 1. The van der Waals surface area contributed by atoms with Crippen LogP contribution in [0.1, 0.15) is 39.7 Å². The molecule has 0 aromatic heterocycles. The third kappa shape index (κ3) is 8.16. The van der Waals surface area contributed by atoms with Gasteiger partial charge in [0.05, 0.1) is 17.5 Å². The zero-order valence-corrected chi connectivity index (χ0v) is 17.0. The fraction of sp³-hybridized carbons (Fsp3) is 0.611. The van der Waals surface area contributed by atoms with Crippen molar-refractivity contribution in [3.05, 3.63) is 29.8 Å². The predicted octanol–water partition coefficient (Wildman–Crippen LogP) is 1.84. The van der Waals surface area contributed by atoms with E-state index in [0.29, 0.717) is 25.0 Å². The Labute approximate surface area is 157 Å². The number of nitrogens with two attached hydrogens (primary N) is 1. The van der Waals surface area contributed by atoms with E-state index in [1.807, 2.05) is 19.9 Å². The molecule has 1 aromatic carbocycles. The van der Waals surface area contributed by atoms with E-state index in [1.54, 1.807) is 12.1 Å². The first-order valence-corrected chi connectivity index (χ1v) is 10.6. The van der Waals surface area contributed by atoms with Crippen LogP contribution >= 0.6 is 0 Å². The topological polar surface area (TPSA) is 106 Å². The van der Waals surface area contributed by atoms with Crippen LogP contribution < -0.4 is 15.8 Å². The van der Waals surface area contributed by atoms with Gasteiger partial charge in [-0.3, -0.25) is 0 Å². The number of nitrogens with one attached hydrogen (secondary N) is 2. The predicted molar refractivity (Wildman–Crippen MR) is 106 cm³/mol. The third-order valence-corrected chi connectivity index (χ3v) is 4.75. The van der Waals surface area contributed by atoms with Crippen molar-refractivity contribution < 1.29 is 13.2 Å². The molecule has 148 valence electrons. The van der Waals surface area contributed by atoms with Crippen LogP contribution in [0.5, 0.6) is 0 Å². The van der Waals surface area contributed by atoms with E-state index in [0.717, 1.165) is 25.1 Å². The van der Waals surface area contributed by atoms with E-state index in [4.69, 9.17) is 9.88 Å². The summed E-state index contributed by atoms with van der Waals surface area (Å²) in [5, 5.41) is 11.7. The molecule has 0 radical (unpaired) electrons. The highest BCUT2D eigenvalue weighted by Crippen LogP contribution is 2.11. The van der Waals surface area contributed by atoms with Gasteiger partial charge in [-0.05, 0) is 43.9 Å². The lowest BCUT2D eigenvalue weighted by Crippen LogP contribution is -2.39. The molecule has 26 heavy (non-hydrogen) atoms. The molecule has 0 heterocycles. The minimum Gasteiger partial charge on any atom is -0.378 e. The fourth-order valence-corrected chi connectivity index (χ4v) is 3.07. The molecule has 1 rings (SSSR count). The van der Waals surface area contributed by atoms with Crippen LogP contribution in [0.15, 0.2) is 34.2 Å². The lowest BCUT2D eigenvalue weighted by Gasteiger charge is -2.21. The van der Waals surface area contributed by atoms with Gasteiger partial charge in [0.2, 0.25) is 10.0 Å². The number of guanidine groups is 1. The van der Waals surface area contributed by atoms with Crippen LogP contribution in [0.25, 0.3) is 0 Å². The van der Waals surface area contributed by atoms with Gasteiger partial charge < -0.3 is 15.4 Å². The Morgan fingerprint density at radius 2 is 2.00 bits per heavy atom. The molecule has 1 unspecified atom stereocenters. The van der Waals surface area contributed by atoms with Gasteiger partial charge >= 0.3 is 0 Å². The molecule has 0 aliphatic rings. The molecule has 1 aromatic rings. The maximum atomic E-state index is 11.4. The Morgan fingerprint density at radius 3 is 2.58 bits per heavy atom. The number of nitrogens with zero attached hydrogens (tertiary/aromatic N) is 1. The van der Waals surface area contributed by atoms with Gasteiger partial charge in [-0.2, -0.15) is 0 Å². The maximum absolute atomic E-state index is 11.4. The molecule has 8 heteroatoms. The highest BCUT2D eigenvalue weighted by atomic mass is 32.2. The van der Waals surface area contributed by atoms with Crippen LogP contribution in [0.4, 0.5) is 0 Å². The van der Waals surface area contributed by atoms with Crippen LogP contribution in [-0.2, 0) is 21.3 Å². The molecule has 0 aliphatic carbocycles. The molecule has 4 N–H and O–H groups in total. The monoisotopic (exact) mass is 384 g/mol. The van der Waals surface area contributed by atoms with Crippen LogP contribution in [0.3, 0.4) is 0 Å². The second-order valence-electron chi connectivity index (χ2n) is 6.34. The van der Waals surface area contributed by atoms with Gasteiger partial charge in [0.1, 0.15) is 0 Å². The van der Waals surface area contributed by atoms with E-state index in [-0.39, 0.29) is 11.0 Å². The van der Waals surface area contributed by atoms with Crippen LogP contribution in [-0.4, -0.2) is 40.2 Å². The Morgan fingerprint density at radius 1 is 1.27 bits per heavy atom. The number of ether oxygens (including phenoxy) is 1. The number of hydrogen-bond acceptors (Lipinski definition) is 4. The molecule has 1 atom stereocenters. The summed E-state index contributed by atoms with van der Waals surface area (Å²) in [5.41, 5.74) is 0.781. The van der Waals surface area contributed by atoms with Gasteiger partial charge in [0, 0.05) is 19.7 Å². The Kier molecular flexibility index (Phi) is 9.61. The molecule has 0 fully saturated rings. The highest BCUT2D eigenvalue weighted by molar-refractivity contribution is 7.89. The first-order chi connectivity index (χ1) is 12.3. The number of hydrogen-bond donors (Lipinski definition) is 3. The van der Waals surface area contributed by atoms with Gasteiger partial charge in [-0.1, -0.05) is 26.0 Å². The van der Waals surface area contributed by atoms with E-state index in [2.05, 4.69) is 29.5 Å². The standard InChI is InChI=1S/C18H32N4O3S/c1-5-20-18(21-11-10-17(14(3)4)25-6-2)22-13-15-8-7-9-16(12-15)26(19,23)24/h7-9,12,14,17H,5-6,10-11,13H2,1-4H3,(H2,19,23,24)(H2,20,21,22). The number of rotatable bonds is 10. The zero-order valence-electron chi connectivity index (χ0n) is 16.2. The van der Waals surface area contributed by atoms with Crippen molar-refractivity contribution in [1.82, 2.24) is 10.6 Å². The van der Waals surface area contributed by atoms with E-state index in [9.17, 15) is 8.42 Å². The summed E-state index contributed by atoms with van der Waals surface area (Å²) in [6.45, 7) is 10.8. The van der Waals surface area contributed by atoms with E-state index >= 15 is 0 Å². The van der Waals surface area contributed by atoms with Crippen molar-refractivity contribution in [3.63, 3.8) is 0 Å². The molecule has 0 spiro atoms. The van der Waals surface area contributed by atoms with Gasteiger partial charge in [-0.15, -0.1) is 0 Å². The second-order valence-corrected chi connectivity index (χ2v) is 7.90. The molecule has 0 aliphatic heterocycles. The third-order valence-electron chi connectivity index (χ3n) is 3.84. The second kappa shape index (κ2) is 11.2. The minimum atomic E-state index is -3.71. The van der Waals surface area contributed by atoms with Crippen LogP contribution in [0, 0.1) is 5.92 Å². The quantitative estimate of drug-likeness (QED) is 0.422. The van der Waals surface area contributed by atoms with Gasteiger partial charge in [0.25, 0.3) is 0 Å². The van der Waals surface area contributed by atoms with Crippen molar-refractivity contribution in [2.75, 3.05) is 19.7 Å². The van der Waals surface area contributed by atoms with Crippen molar-refractivity contribution in [2.45, 2.75) is 51.7 Å². The summed E-state index contributed by atoms with van der Waals surface area (Å²) in [6.07, 6.45) is 1.10. The summed E-state index contributed by atoms with van der Waals surface area (Å²) in [6, 6.07) is 6.52. The Balaban J connectivity index is 2.69. The van der Waals surface area contributed by atoms with Gasteiger partial charge in [0.15, 0.2) is 5.96 Å². The average Bonchev–Trinajstić information content (AvgIpc) is 2.58. The van der Waals surface area contributed by atoms with E-state index < -0.39 is 10.0 Å².